The van der Waals surface area contributed by atoms with Gasteiger partial charge >= 0.3 is 6.03 Å². The van der Waals surface area contributed by atoms with Crippen molar-refractivity contribution in [2.45, 2.75) is 38.1 Å². The van der Waals surface area contributed by atoms with E-state index in [1.165, 1.54) is 20.0 Å². The summed E-state index contributed by atoms with van der Waals surface area (Å²) in [4.78, 5) is 18.6. The number of likely N-dealkylation sites (N-methyl/N-ethyl adjacent to an activating group) is 1. The fourth-order valence-corrected chi connectivity index (χ4v) is 3.42. The van der Waals surface area contributed by atoms with Gasteiger partial charge in [0.25, 0.3) is 0 Å². The highest BCUT2D eigenvalue weighted by Crippen LogP contribution is 2.35. The van der Waals surface area contributed by atoms with Crippen molar-refractivity contribution in [2.24, 2.45) is 5.92 Å². The van der Waals surface area contributed by atoms with Crippen LogP contribution in [0.15, 0.2) is 18.3 Å². The topological polar surface area (TPSA) is 66.5 Å². The molecule has 23 heavy (non-hydrogen) atoms. The standard InChI is InChI=1S/C17H28N4O2/c1-13-7-5-9-17(11-13,21(2)3)12-19-16(22)20-14-8-6-10-18-15(14)23-4/h6,8,10,13H,5,7,9,11-12H2,1-4H3,(H2,19,20,22)/t13-,17+/m0/s1. The fraction of sp³-hybridized carbons (Fsp3) is 0.647. The van der Waals surface area contributed by atoms with E-state index in [-0.39, 0.29) is 11.6 Å². The molecule has 1 aliphatic rings. The van der Waals surface area contributed by atoms with Crippen molar-refractivity contribution in [3.8, 4) is 5.88 Å². The van der Waals surface area contributed by atoms with E-state index in [1.54, 1.807) is 18.3 Å². The highest BCUT2D eigenvalue weighted by Gasteiger charge is 2.37. The Morgan fingerprint density at radius 1 is 1.52 bits per heavy atom. The van der Waals surface area contributed by atoms with Crippen molar-refractivity contribution >= 4 is 11.7 Å². The number of aromatic nitrogens is 1. The van der Waals surface area contributed by atoms with Crippen LogP contribution in [0.1, 0.15) is 32.6 Å². The van der Waals surface area contributed by atoms with Gasteiger partial charge in [0.1, 0.15) is 5.69 Å². The van der Waals surface area contributed by atoms with E-state index in [1.807, 2.05) is 0 Å². The van der Waals surface area contributed by atoms with E-state index in [4.69, 9.17) is 4.74 Å². The lowest BCUT2D eigenvalue weighted by Crippen LogP contribution is -2.55. The molecule has 0 bridgehead atoms. The van der Waals surface area contributed by atoms with Crippen molar-refractivity contribution < 1.29 is 9.53 Å². The molecule has 2 rings (SSSR count). The highest BCUT2D eigenvalue weighted by molar-refractivity contribution is 5.90. The summed E-state index contributed by atoms with van der Waals surface area (Å²) in [6.45, 7) is 2.93. The number of amides is 2. The van der Waals surface area contributed by atoms with Crippen LogP contribution in [0, 0.1) is 5.92 Å². The molecule has 0 unspecified atom stereocenters. The van der Waals surface area contributed by atoms with E-state index < -0.39 is 0 Å². The Kier molecular flexibility index (Phi) is 5.82. The predicted molar refractivity (Wildman–Crippen MR) is 91.9 cm³/mol. The Morgan fingerprint density at radius 2 is 2.30 bits per heavy atom. The number of carbonyl (C=O) groups excluding carboxylic acids is 1. The molecule has 1 aromatic heterocycles. The van der Waals surface area contributed by atoms with E-state index in [0.29, 0.717) is 24.0 Å². The zero-order valence-corrected chi connectivity index (χ0v) is 14.6. The molecule has 6 nitrogen and oxygen atoms in total. The molecule has 1 saturated carbocycles. The third-order valence-corrected chi connectivity index (χ3v) is 4.81. The van der Waals surface area contributed by atoms with Crippen LogP contribution in [-0.2, 0) is 0 Å². The maximum atomic E-state index is 12.2. The number of hydrogen-bond donors (Lipinski definition) is 2. The molecule has 0 spiro atoms. The van der Waals surface area contributed by atoms with Crippen molar-refractivity contribution in [1.82, 2.24) is 15.2 Å². The van der Waals surface area contributed by atoms with E-state index >= 15 is 0 Å². The summed E-state index contributed by atoms with van der Waals surface area (Å²) in [5.74, 6) is 1.10. The molecule has 2 N–H and O–H groups in total. The second-order valence-corrected chi connectivity index (χ2v) is 6.69. The molecule has 2 atom stereocenters. The maximum absolute atomic E-state index is 12.2. The zero-order valence-electron chi connectivity index (χ0n) is 14.6. The monoisotopic (exact) mass is 320 g/mol. The summed E-state index contributed by atoms with van der Waals surface area (Å²) in [6, 6.07) is 3.31. The number of pyridine rings is 1. The average molecular weight is 320 g/mol. The molecule has 6 heteroatoms. The van der Waals surface area contributed by atoms with Gasteiger partial charge in [-0.05, 0) is 45.0 Å². The molecule has 128 valence electrons. The van der Waals surface area contributed by atoms with Crippen molar-refractivity contribution in [2.75, 3.05) is 33.1 Å². The van der Waals surface area contributed by atoms with E-state index in [2.05, 4.69) is 41.5 Å². The Labute approximate surface area is 138 Å². The molecule has 0 saturated heterocycles. The first-order valence-corrected chi connectivity index (χ1v) is 8.18. The maximum Gasteiger partial charge on any atom is 0.319 e. The van der Waals surface area contributed by atoms with Crippen molar-refractivity contribution in [3.63, 3.8) is 0 Å². The second-order valence-electron chi connectivity index (χ2n) is 6.69. The molecule has 1 heterocycles. The first kappa shape index (κ1) is 17.5. The molecular formula is C17H28N4O2. The van der Waals surface area contributed by atoms with Crippen LogP contribution in [0.5, 0.6) is 5.88 Å². The van der Waals surface area contributed by atoms with Crippen LogP contribution in [-0.4, -0.2) is 49.2 Å². The molecule has 1 aromatic rings. The lowest BCUT2D eigenvalue weighted by Gasteiger charge is -2.45. The lowest BCUT2D eigenvalue weighted by atomic mass is 9.75. The van der Waals surface area contributed by atoms with Gasteiger partial charge in [0.2, 0.25) is 5.88 Å². The van der Waals surface area contributed by atoms with Crippen LogP contribution >= 0.6 is 0 Å². The second kappa shape index (κ2) is 7.64. The van der Waals surface area contributed by atoms with Gasteiger partial charge < -0.3 is 20.3 Å². The molecule has 2 amide bonds. The first-order valence-electron chi connectivity index (χ1n) is 8.18. The van der Waals surface area contributed by atoms with Crippen LogP contribution in [0.4, 0.5) is 10.5 Å². The summed E-state index contributed by atoms with van der Waals surface area (Å²) < 4.78 is 5.15. The van der Waals surface area contributed by atoms with Crippen LogP contribution in [0.25, 0.3) is 0 Å². The summed E-state index contributed by atoms with van der Waals surface area (Å²) >= 11 is 0. The van der Waals surface area contributed by atoms with Gasteiger partial charge in [-0.2, -0.15) is 0 Å². The number of anilines is 1. The minimum Gasteiger partial charge on any atom is -0.480 e. The van der Waals surface area contributed by atoms with Crippen molar-refractivity contribution in [1.29, 1.82) is 0 Å². The third kappa shape index (κ3) is 4.34. The van der Waals surface area contributed by atoms with Gasteiger partial charge in [-0.1, -0.05) is 19.8 Å². The van der Waals surface area contributed by atoms with Crippen molar-refractivity contribution in [3.05, 3.63) is 18.3 Å². The van der Waals surface area contributed by atoms with Gasteiger partial charge in [0, 0.05) is 18.3 Å². The summed E-state index contributed by atoms with van der Waals surface area (Å²) in [6.07, 6.45) is 6.33. The first-order chi connectivity index (χ1) is 11.0. The third-order valence-electron chi connectivity index (χ3n) is 4.81. The van der Waals surface area contributed by atoms with Crippen LogP contribution < -0.4 is 15.4 Å². The largest absolute Gasteiger partial charge is 0.480 e. The van der Waals surface area contributed by atoms with Crippen LogP contribution in [0.3, 0.4) is 0 Å². The predicted octanol–water partition coefficient (Wildman–Crippen LogP) is 2.72. The summed E-state index contributed by atoms with van der Waals surface area (Å²) in [7, 11) is 5.74. The SMILES string of the molecule is COc1ncccc1NC(=O)NC[C@@]1(N(C)C)CCC[C@H](C)C1. The van der Waals surface area contributed by atoms with Crippen LogP contribution in [0.2, 0.25) is 0 Å². The minimum atomic E-state index is -0.226. The smallest absolute Gasteiger partial charge is 0.319 e. The normalized spacial score (nSPS) is 24.3. The number of methoxy groups -OCH3 is 1. The molecule has 1 aliphatic carbocycles. The van der Waals surface area contributed by atoms with E-state index in [0.717, 1.165) is 12.8 Å². The molecule has 1 fully saturated rings. The number of nitrogens with zero attached hydrogens (tertiary/aromatic N) is 2. The Bertz CT molecular complexity index is 535. The molecule has 0 aromatic carbocycles. The van der Waals surface area contributed by atoms with Gasteiger partial charge in [0.15, 0.2) is 0 Å². The molecule has 0 radical (unpaired) electrons. The number of ether oxygens (including phenoxy) is 1. The van der Waals surface area contributed by atoms with E-state index in [9.17, 15) is 4.79 Å². The van der Waals surface area contributed by atoms with Gasteiger partial charge in [0.05, 0.1) is 7.11 Å². The minimum absolute atomic E-state index is 0.0357. The number of hydrogen-bond acceptors (Lipinski definition) is 4. The average Bonchev–Trinajstić information content (AvgIpc) is 2.53. The Hall–Kier alpha value is -1.82. The Morgan fingerprint density at radius 3 is 2.96 bits per heavy atom. The summed E-state index contributed by atoms with van der Waals surface area (Å²) in [5, 5.41) is 5.83. The Balaban J connectivity index is 1.97. The fourth-order valence-electron chi connectivity index (χ4n) is 3.42. The highest BCUT2D eigenvalue weighted by atomic mass is 16.5. The number of urea groups is 1. The van der Waals surface area contributed by atoms with Gasteiger partial charge in [-0.3, -0.25) is 0 Å². The number of rotatable bonds is 5. The quantitative estimate of drug-likeness (QED) is 0.875. The summed E-state index contributed by atoms with van der Waals surface area (Å²) in [5.41, 5.74) is 0.608. The lowest BCUT2D eigenvalue weighted by molar-refractivity contribution is 0.0779. The zero-order chi connectivity index (χ0) is 16.9. The number of carbonyl (C=O) groups is 1. The van der Waals surface area contributed by atoms with Gasteiger partial charge in [-0.25, -0.2) is 9.78 Å². The van der Waals surface area contributed by atoms with Gasteiger partial charge in [-0.15, -0.1) is 0 Å². The molecular weight excluding hydrogens is 292 g/mol. The number of nitrogens with one attached hydrogen (secondary N) is 2. The molecule has 0 aliphatic heterocycles.